The van der Waals surface area contributed by atoms with Crippen molar-refractivity contribution in [2.75, 3.05) is 18.9 Å². The Morgan fingerprint density at radius 1 is 1.47 bits per heavy atom. The maximum atomic E-state index is 11.6. The second-order valence-electron chi connectivity index (χ2n) is 3.28. The van der Waals surface area contributed by atoms with Crippen LogP contribution in [0.1, 0.15) is 23.7 Å². The number of nitrogens with one attached hydrogen (secondary N) is 1. The molecule has 1 rings (SSSR count). The van der Waals surface area contributed by atoms with E-state index in [1.807, 2.05) is 0 Å². The average molecular weight is 237 g/mol. The van der Waals surface area contributed by atoms with Gasteiger partial charge in [0, 0.05) is 12.7 Å². The van der Waals surface area contributed by atoms with Crippen molar-refractivity contribution in [1.29, 1.82) is 0 Å². The van der Waals surface area contributed by atoms with Crippen LogP contribution in [0.25, 0.3) is 0 Å². The zero-order valence-electron chi connectivity index (χ0n) is 9.60. The Kier molecular flexibility index (Phi) is 4.93. The van der Waals surface area contributed by atoms with Gasteiger partial charge in [-0.1, -0.05) is 0 Å². The summed E-state index contributed by atoms with van der Waals surface area (Å²) in [6.45, 7) is 2.31. The van der Waals surface area contributed by atoms with E-state index in [0.29, 0.717) is 18.0 Å². The third-order valence-corrected chi connectivity index (χ3v) is 1.97. The van der Waals surface area contributed by atoms with Crippen molar-refractivity contribution in [3.05, 3.63) is 23.9 Å². The summed E-state index contributed by atoms with van der Waals surface area (Å²) >= 11 is 0. The molecule has 1 aromatic rings. The number of hydrogen-bond donors (Lipinski definition) is 2. The van der Waals surface area contributed by atoms with Gasteiger partial charge in [-0.3, -0.25) is 9.59 Å². The molecule has 0 aromatic carbocycles. The van der Waals surface area contributed by atoms with Gasteiger partial charge < -0.3 is 15.8 Å². The number of rotatable bonds is 5. The molecule has 0 aliphatic carbocycles. The molecule has 0 aliphatic rings. The molecule has 1 aromatic heterocycles. The van der Waals surface area contributed by atoms with Gasteiger partial charge in [-0.05, 0) is 19.1 Å². The van der Waals surface area contributed by atoms with Gasteiger partial charge in [0.05, 0.1) is 18.6 Å². The van der Waals surface area contributed by atoms with Gasteiger partial charge >= 0.3 is 5.97 Å². The summed E-state index contributed by atoms with van der Waals surface area (Å²) in [4.78, 5) is 26.4. The average Bonchev–Trinajstić information content (AvgIpc) is 2.30. The molecule has 0 fully saturated rings. The van der Waals surface area contributed by atoms with Crippen molar-refractivity contribution in [3.8, 4) is 0 Å². The van der Waals surface area contributed by atoms with E-state index in [4.69, 9.17) is 10.5 Å². The van der Waals surface area contributed by atoms with Gasteiger partial charge in [0.2, 0.25) is 0 Å². The van der Waals surface area contributed by atoms with Crippen LogP contribution in [0, 0.1) is 0 Å². The Morgan fingerprint density at radius 3 is 2.82 bits per heavy atom. The van der Waals surface area contributed by atoms with Gasteiger partial charge in [-0.15, -0.1) is 0 Å². The Balaban J connectivity index is 2.35. The number of ether oxygens (including phenoxy) is 1. The number of nitrogen functional groups attached to an aromatic ring is 1. The first-order valence-corrected chi connectivity index (χ1v) is 5.29. The molecule has 92 valence electrons. The van der Waals surface area contributed by atoms with E-state index in [2.05, 4.69) is 10.3 Å². The van der Waals surface area contributed by atoms with E-state index in [-0.39, 0.29) is 24.8 Å². The Morgan fingerprint density at radius 2 is 2.24 bits per heavy atom. The van der Waals surface area contributed by atoms with E-state index in [0.717, 1.165) is 0 Å². The minimum Gasteiger partial charge on any atom is -0.466 e. The van der Waals surface area contributed by atoms with Gasteiger partial charge in [0.15, 0.2) is 0 Å². The molecule has 0 radical (unpaired) electrons. The monoisotopic (exact) mass is 237 g/mol. The number of aromatic nitrogens is 1. The molecule has 1 heterocycles. The summed E-state index contributed by atoms with van der Waals surface area (Å²) in [6, 6.07) is 3.11. The van der Waals surface area contributed by atoms with E-state index in [1.54, 1.807) is 19.1 Å². The Bertz CT molecular complexity index is 389. The number of nitrogens with zero attached hydrogens (tertiary/aromatic N) is 1. The lowest BCUT2D eigenvalue weighted by atomic mass is 10.2. The molecule has 0 bridgehead atoms. The smallest absolute Gasteiger partial charge is 0.307 e. The Labute approximate surface area is 99.2 Å². The summed E-state index contributed by atoms with van der Waals surface area (Å²) in [5, 5.41) is 2.59. The number of carbonyl (C=O) groups excluding carboxylic acids is 2. The highest BCUT2D eigenvalue weighted by atomic mass is 16.5. The van der Waals surface area contributed by atoms with E-state index in [9.17, 15) is 9.59 Å². The molecular formula is C11H15N3O3. The summed E-state index contributed by atoms with van der Waals surface area (Å²) in [7, 11) is 0. The number of anilines is 1. The van der Waals surface area contributed by atoms with Crippen molar-refractivity contribution < 1.29 is 14.3 Å². The molecule has 6 heteroatoms. The largest absolute Gasteiger partial charge is 0.466 e. The van der Waals surface area contributed by atoms with Crippen molar-refractivity contribution in [3.63, 3.8) is 0 Å². The van der Waals surface area contributed by atoms with Crippen LogP contribution in [-0.4, -0.2) is 30.0 Å². The number of esters is 1. The van der Waals surface area contributed by atoms with Crippen molar-refractivity contribution in [2.45, 2.75) is 13.3 Å². The quantitative estimate of drug-likeness (QED) is 0.720. The van der Waals surface area contributed by atoms with Crippen LogP contribution in [0.4, 0.5) is 5.82 Å². The van der Waals surface area contributed by atoms with Gasteiger partial charge in [0.1, 0.15) is 5.82 Å². The molecule has 0 unspecified atom stereocenters. The highest BCUT2D eigenvalue weighted by Crippen LogP contribution is 2.00. The lowest BCUT2D eigenvalue weighted by Crippen LogP contribution is -2.26. The number of pyridine rings is 1. The fourth-order valence-corrected chi connectivity index (χ4v) is 1.15. The molecule has 17 heavy (non-hydrogen) atoms. The van der Waals surface area contributed by atoms with Crippen LogP contribution in [-0.2, 0) is 9.53 Å². The molecule has 0 aliphatic heterocycles. The molecule has 0 saturated carbocycles. The molecule has 0 saturated heterocycles. The number of hydrogen-bond acceptors (Lipinski definition) is 5. The molecule has 1 amide bonds. The highest BCUT2D eigenvalue weighted by Gasteiger charge is 2.07. The van der Waals surface area contributed by atoms with Crippen LogP contribution >= 0.6 is 0 Å². The SMILES string of the molecule is CCOC(=O)CCNC(=O)c1ccc(N)nc1. The third kappa shape index (κ3) is 4.50. The van der Waals surface area contributed by atoms with Crippen LogP contribution in [0.5, 0.6) is 0 Å². The first kappa shape index (κ1) is 13.0. The molecule has 0 spiro atoms. The maximum Gasteiger partial charge on any atom is 0.307 e. The lowest BCUT2D eigenvalue weighted by molar-refractivity contribution is -0.142. The minimum atomic E-state index is -0.330. The first-order valence-electron chi connectivity index (χ1n) is 5.29. The van der Waals surface area contributed by atoms with E-state index in [1.165, 1.54) is 6.20 Å². The molecule has 3 N–H and O–H groups in total. The van der Waals surface area contributed by atoms with Crippen LogP contribution in [0.2, 0.25) is 0 Å². The topological polar surface area (TPSA) is 94.3 Å². The summed E-state index contributed by atoms with van der Waals surface area (Å²) in [6.07, 6.45) is 1.54. The second-order valence-corrected chi connectivity index (χ2v) is 3.28. The van der Waals surface area contributed by atoms with Crippen LogP contribution in [0.15, 0.2) is 18.3 Å². The minimum absolute atomic E-state index is 0.155. The fraction of sp³-hybridized carbons (Fsp3) is 0.364. The third-order valence-electron chi connectivity index (χ3n) is 1.97. The predicted molar refractivity (Wildman–Crippen MR) is 62.2 cm³/mol. The van der Waals surface area contributed by atoms with E-state index < -0.39 is 0 Å². The van der Waals surface area contributed by atoms with Gasteiger partial charge in [-0.25, -0.2) is 4.98 Å². The number of nitrogens with two attached hydrogens (primary N) is 1. The zero-order chi connectivity index (χ0) is 12.7. The number of carbonyl (C=O) groups is 2. The van der Waals surface area contributed by atoms with Crippen LogP contribution in [0.3, 0.4) is 0 Å². The van der Waals surface area contributed by atoms with Crippen molar-refractivity contribution in [1.82, 2.24) is 10.3 Å². The first-order chi connectivity index (χ1) is 8.13. The lowest BCUT2D eigenvalue weighted by Gasteiger charge is -2.04. The van der Waals surface area contributed by atoms with Crippen molar-refractivity contribution >= 4 is 17.7 Å². The fourth-order valence-electron chi connectivity index (χ4n) is 1.15. The number of amides is 1. The Hall–Kier alpha value is -2.11. The van der Waals surface area contributed by atoms with E-state index >= 15 is 0 Å². The summed E-state index contributed by atoms with van der Waals surface area (Å²) in [5.74, 6) is -0.266. The summed E-state index contributed by atoms with van der Waals surface area (Å²) < 4.78 is 4.73. The second kappa shape index (κ2) is 6.47. The molecule has 0 atom stereocenters. The predicted octanol–water partition coefficient (Wildman–Crippen LogP) is 0.347. The molecule has 6 nitrogen and oxygen atoms in total. The van der Waals surface area contributed by atoms with Gasteiger partial charge in [-0.2, -0.15) is 0 Å². The summed E-state index contributed by atoms with van der Waals surface area (Å²) in [5.41, 5.74) is 5.80. The molecular weight excluding hydrogens is 222 g/mol. The standard InChI is InChI=1S/C11H15N3O3/c1-2-17-10(15)5-6-13-11(16)8-3-4-9(12)14-7-8/h3-4,7H,2,5-6H2,1H3,(H2,12,14)(H,13,16). The van der Waals surface area contributed by atoms with Gasteiger partial charge in [0.25, 0.3) is 5.91 Å². The van der Waals surface area contributed by atoms with Crippen LogP contribution < -0.4 is 11.1 Å². The normalized spacial score (nSPS) is 9.71. The van der Waals surface area contributed by atoms with Crippen molar-refractivity contribution in [2.24, 2.45) is 0 Å². The maximum absolute atomic E-state index is 11.6. The highest BCUT2D eigenvalue weighted by molar-refractivity contribution is 5.94. The zero-order valence-corrected chi connectivity index (χ0v) is 9.60.